The molecule has 0 N–H and O–H groups in total. The van der Waals surface area contributed by atoms with Crippen LogP contribution in [0.3, 0.4) is 0 Å². The molecule has 0 fully saturated rings. The fourth-order valence-corrected chi connectivity index (χ4v) is 2.29. The molecule has 0 aliphatic rings. The van der Waals surface area contributed by atoms with Crippen LogP contribution in [0.4, 0.5) is 17.6 Å². The molecule has 0 heterocycles. The van der Waals surface area contributed by atoms with Crippen molar-refractivity contribution in [1.82, 2.24) is 0 Å². The Hall–Kier alpha value is -2.56. The van der Waals surface area contributed by atoms with Crippen LogP contribution >= 0.6 is 0 Å². The van der Waals surface area contributed by atoms with E-state index in [1.165, 1.54) is 12.1 Å². The van der Waals surface area contributed by atoms with Gasteiger partial charge in [-0.2, -0.15) is 0 Å². The minimum absolute atomic E-state index is 0.331. The molecule has 0 radical (unpaired) electrons. The largest absolute Gasteiger partial charge is 0.573 e. The van der Waals surface area contributed by atoms with Crippen molar-refractivity contribution in [2.24, 2.45) is 0 Å². The van der Waals surface area contributed by atoms with Crippen LogP contribution in [0.15, 0.2) is 60.7 Å². The second-order valence-electron chi connectivity index (χ2n) is 4.72. The highest BCUT2D eigenvalue weighted by molar-refractivity contribution is 5.88. The molecule has 0 bridgehead atoms. The number of halogens is 4. The second-order valence-corrected chi connectivity index (χ2v) is 4.72. The first kappa shape index (κ1) is 14.4. The molecule has 3 aromatic carbocycles. The van der Waals surface area contributed by atoms with E-state index >= 15 is 0 Å². The monoisotopic (exact) mass is 306 g/mol. The fourth-order valence-electron chi connectivity index (χ4n) is 2.29. The highest BCUT2D eigenvalue weighted by Crippen LogP contribution is 2.31. The van der Waals surface area contributed by atoms with Crippen LogP contribution in [0.2, 0.25) is 0 Å². The van der Waals surface area contributed by atoms with Crippen LogP contribution in [0.5, 0.6) is 5.75 Å². The van der Waals surface area contributed by atoms with Crippen LogP contribution in [0.1, 0.15) is 0 Å². The number of benzene rings is 3. The molecule has 0 saturated heterocycles. The SMILES string of the molecule is Fc1c(-c2ccc(OC(F)(F)F)cc2)ccc2ccccc12. The summed E-state index contributed by atoms with van der Waals surface area (Å²) in [5.74, 6) is -0.736. The third-order valence-electron chi connectivity index (χ3n) is 3.26. The Kier molecular flexibility index (Phi) is 3.48. The molecule has 0 aliphatic heterocycles. The Morgan fingerprint density at radius 3 is 2.14 bits per heavy atom. The van der Waals surface area contributed by atoms with Crippen molar-refractivity contribution in [2.75, 3.05) is 0 Å². The van der Waals surface area contributed by atoms with Gasteiger partial charge in [-0.15, -0.1) is 13.2 Å². The predicted octanol–water partition coefficient (Wildman–Crippen LogP) is 5.54. The number of alkyl halides is 3. The van der Waals surface area contributed by atoms with Gasteiger partial charge in [0.25, 0.3) is 0 Å². The maximum absolute atomic E-state index is 14.5. The fraction of sp³-hybridized carbons (Fsp3) is 0.0588. The number of fused-ring (bicyclic) bond motifs is 1. The van der Waals surface area contributed by atoms with Gasteiger partial charge in [0.05, 0.1) is 0 Å². The zero-order valence-electron chi connectivity index (χ0n) is 11.2. The van der Waals surface area contributed by atoms with Crippen molar-refractivity contribution in [2.45, 2.75) is 6.36 Å². The Morgan fingerprint density at radius 1 is 0.773 bits per heavy atom. The van der Waals surface area contributed by atoms with Crippen LogP contribution in [0, 0.1) is 5.82 Å². The normalized spacial score (nSPS) is 11.6. The Balaban J connectivity index is 1.99. The Morgan fingerprint density at radius 2 is 1.45 bits per heavy atom. The molecule has 0 saturated carbocycles. The van der Waals surface area contributed by atoms with Crippen molar-refractivity contribution >= 4 is 10.8 Å². The van der Waals surface area contributed by atoms with Gasteiger partial charge in [0.1, 0.15) is 11.6 Å². The summed E-state index contributed by atoms with van der Waals surface area (Å²) in [5, 5.41) is 1.23. The quantitative estimate of drug-likeness (QED) is 0.564. The third-order valence-corrected chi connectivity index (χ3v) is 3.26. The molecule has 22 heavy (non-hydrogen) atoms. The van der Waals surface area contributed by atoms with E-state index in [-0.39, 0.29) is 5.75 Å². The van der Waals surface area contributed by atoms with Gasteiger partial charge in [0.2, 0.25) is 0 Å². The summed E-state index contributed by atoms with van der Waals surface area (Å²) in [6, 6.07) is 15.5. The minimum Gasteiger partial charge on any atom is -0.406 e. The lowest BCUT2D eigenvalue weighted by Crippen LogP contribution is -2.16. The highest BCUT2D eigenvalue weighted by Gasteiger charge is 2.31. The van der Waals surface area contributed by atoms with Crippen molar-refractivity contribution in [1.29, 1.82) is 0 Å². The molecule has 0 spiro atoms. The Labute approximate surface area is 123 Å². The molecule has 0 aliphatic carbocycles. The van der Waals surface area contributed by atoms with Gasteiger partial charge in [0.15, 0.2) is 0 Å². The first-order valence-electron chi connectivity index (χ1n) is 6.47. The van der Waals surface area contributed by atoms with Gasteiger partial charge < -0.3 is 4.74 Å². The molecule has 1 nitrogen and oxygen atoms in total. The summed E-state index contributed by atoms with van der Waals surface area (Å²) in [4.78, 5) is 0. The average molecular weight is 306 g/mol. The summed E-state index contributed by atoms with van der Waals surface area (Å²) in [6.45, 7) is 0. The van der Waals surface area contributed by atoms with E-state index < -0.39 is 12.2 Å². The molecule has 5 heteroatoms. The summed E-state index contributed by atoms with van der Waals surface area (Å²) in [7, 11) is 0. The smallest absolute Gasteiger partial charge is 0.406 e. The van der Waals surface area contributed by atoms with Gasteiger partial charge >= 0.3 is 6.36 Å². The lowest BCUT2D eigenvalue weighted by molar-refractivity contribution is -0.274. The molecule has 112 valence electrons. The van der Waals surface area contributed by atoms with E-state index in [1.54, 1.807) is 30.3 Å². The zero-order chi connectivity index (χ0) is 15.7. The first-order chi connectivity index (χ1) is 10.4. The summed E-state index contributed by atoms with van der Waals surface area (Å²) >= 11 is 0. The van der Waals surface area contributed by atoms with Gasteiger partial charge in [0, 0.05) is 10.9 Å². The van der Waals surface area contributed by atoms with Crippen molar-refractivity contribution < 1.29 is 22.3 Å². The summed E-state index contributed by atoms with van der Waals surface area (Å²) in [5.41, 5.74) is 0.815. The lowest BCUT2D eigenvalue weighted by Gasteiger charge is -2.10. The molecule has 3 rings (SSSR count). The van der Waals surface area contributed by atoms with Crippen LogP contribution in [-0.2, 0) is 0 Å². The topological polar surface area (TPSA) is 9.23 Å². The highest BCUT2D eigenvalue weighted by atomic mass is 19.4. The number of hydrogen-bond acceptors (Lipinski definition) is 1. The molecule has 0 aromatic heterocycles. The van der Waals surface area contributed by atoms with Crippen LogP contribution < -0.4 is 4.74 Å². The summed E-state index contributed by atoms with van der Waals surface area (Å²) in [6.07, 6.45) is -4.74. The van der Waals surface area contributed by atoms with Crippen molar-refractivity contribution in [3.63, 3.8) is 0 Å². The lowest BCUT2D eigenvalue weighted by atomic mass is 10.0. The number of rotatable bonds is 2. The van der Waals surface area contributed by atoms with Gasteiger partial charge in [-0.05, 0) is 23.1 Å². The van der Waals surface area contributed by atoms with Gasteiger partial charge in [-0.3, -0.25) is 0 Å². The first-order valence-corrected chi connectivity index (χ1v) is 6.47. The van der Waals surface area contributed by atoms with Crippen molar-refractivity contribution in [3.8, 4) is 16.9 Å². The average Bonchev–Trinajstić information content (AvgIpc) is 2.47. The molecular weight excluding hydrogens is 296 g/mol. The minimum atomic E-state index is -4.74. The van der Waals surface area contributed by atoms with E-state index in [1.807, 2.05) is 6.07 Å². The van der Waals surface area contributed by atoms with E-state index in [0.29, 0.717) is 16.5 Å². The van der Waals surface area contributed by atoms with E-state index in [9.17, 15) is 17.6 Å². The molecule has 0 amide bonds. The standard InChI is InChI=1S/C17H10F4O/c18-16-14-4-2-1-3-11(14)7-10-15(16)12-5-8-13(9-6-12)22-17(19,20)21/h1-10H. The second kappa shape index (κ2) is 5.33. The Bertz CT molecular complexity index is 807. The predicted molar refractivity (Wildman–Crippen MR) is 76.0 cm³/mol. The van der Waals surface area contributed by atoms with Gasteiger partial charge in [-0.25, -0.2) is 4.39 Å². The summed E-state index contributed by atoms with van der Waals surface area (Å²) < 4.78 is 54.7. The molecule has 0 atom stereocenters. The van der Waals surface area contributed by atoms with Gasteiger partial charge in [-0.1, -0.05) is 48.5 Å². The zero-order valence-corrected chi connectivity index (χ0v) is 11.2. The van der Waals surface area contributed by atoms with E-state index in [0.717, 1.165) is 17.5 Å². The molecule has 0 unspecified atom stereocenters. The molecule has 3 aromatic rings. The maximum atomic E-state index is 14.5. The maximum Gasteiger partial charge on any atom is 0.573 e. The van der Waals surface area contributed by atoms with Crippen molar-refractivity contribution in [3.05, 3.63) is 66.5 Å². The number of ether oxygens (including phenoxy) is 1. The van der Waals surface area contributed by atoms with E-state index in [2.05, 4.69) is 4.74 Å². The van der Waals surface area contributed by atoms with Crippen LogP contribution in [0.25, 0.3) is 21.9 Å². The number of hydrogen-bond donors (Lipinski definition) is 0. The van der Waals surface area contributed by atoms with E-state index in [4.69, 9.17) is 0 Å². The molecular formula is C17H10F4O. The third kappa shape index (κ3) is 2.88. The van der Waals surface area contributed by atoms with Crippen LogP contribution in [-0.4, -0.2) is 6.36 Å².